The molecule has 2 N–H and O–H groups in total. The van der Waals surface area contributed by atoms with E-state index in [0.29, 0.717) is 26.4 Å². The Kier molecular flexibility index (Phi) is 9.52. The maximum absolute atomic E-state index is 10.4. The zero-order valence-corrected chi connectivity index (χ0v) is 12.4. The zero-order chi connectivity index (χ0) is 14.6. The van der Waals surface area contributed by atoms with Gasteiger partial charge in [-0.2, -0.15) is 0 Å². The molecule has 1 amide bonds. The van der Waals surface area contributed by atoms with E-state index in [4.69, 9.17) is 19.9 Å². The molecule has 1 heterocycles. The summed E-state index contributed by atoms with van der Waals surface area (Å²) in [7, 11) is 2.15. The van der Waals surface area contributed by atoms with Gasteiger partial charge in [0, 0.05) is 32.7 Å². The standard InChI is InChI=1S/C13H27N3O4/c1-15-2-4-16(5-3-15)6-7-18-8-9-19-10-11-20-12-13(14)17/h2-12H2,1H3,(H2,14,17). The molecule has 0 aromatic carbocycles. The number of carbonyl (C=O) groups excluding carboxylic acids is 1. The number of nitrogens with zero attached hydrogens (tertiary/aromatic N) is 2. The highest BCUT2D eigenvalue weighted by Crippen LogP contribution is 1.98. The minimum absolute atomic E-state index is 0.0507. The first-order chi connectivity index (χ1) is 9.68. The van der Waals surface area contributed by atoms with Gasteiger partial charge >= 0.3 is 0 Å². The van der Waals surface area contributed by atoms with Crippen molar-refractivity contribution in [1.29, 1.82) is 0 Å². The third-order valence-electron chi connectivity index (χ3n) is 3.14. The van der Waals surface area contributed by atoms with Crippen molar-refractivity contribution < 1.29 is 19.0 Å². The van der Waals surface area contributed by atoms with Gasteiger partial charge in [-0.25, -0.2) is 0 Å². The van der Waals surface area contributed by atoms with E-state index in [-0.39, 0.29) is 6.61 Å². The zero-order valence-electron chi connectivity index (χ0n) is 12.4. The largest absolute Gasteiger partial charge is 0.378 e. The average molecular weight is 289 g/mol. The van der Waals surface area contributed by atoms with E-state index in [0.717, 1.165) is 39.3 Å². The van der Waals surface area contributed by atoms with Crippen molar-refractivity contribution in [3.63, 3.8) is 0 Å². The third kappa shape index (κ3) is 9.22. The summed E-state index contributed by atoms with van der Waals surface area (Å²) in [6, 6.07) is 0. The Labute approximate surface area is 120 Å². The number of rotatable bonds is 11. The predicted octanol–water partition coefficient (Wildman–Crippen LogP) is -1.23. The van der Waals surface area contributed by atoms with Crippen LogP contribution in [0.3, 0.4) is 0 Å². The van der Waals surface area contributed by atoms with Crippen LogP contribution >= 0.6 is 0 Å². The van der Waals surface area contributed by atoms with Crippen LogP contribution in [0.4, 0.5) is 0 Å². The van der Waals surface area contributed by atoms with Crippen LogP contribution < -0.4 is 5.73 Å². The number of nitrogens with two attached hydrogens (primary N) is 1. The van der Waals surface area contributed by atoms with Crippen LogP contribution in [0.2, 0.25) is 0 Å². The lowest BCUT2D eigenvalue weighted by atomic mass is 10.3. The summed E-state index contributed by atoms with van der Waals surface area (Å²) in [5.41, 5.74) is 4.93. The molecule has 0 saturated carbocycles. The molecule has 7 nitrogen and oxygen atoms in total. The quantitative estimate of drug-likeness (QED) is 0.480. The molecule has 0 bridgehead atoms. The first-order valence-electron chi connectivity index (χ1n) is 7.11. The topological polar surface area (TPSA) is 77.3 Å². The van der Waals surface area contributed by atoms with Crippen molar-refractivity contribution in [3.8, 4) is 0 Å². The van der Waals surface area contributed by atoms with Gasteiger partial charge in [0.15, 0.2) is 0 Å². The fraction of sp³-hybridized carbons (Fsp3) is 0.923. The van der Waals surface area contributed by atoms with Crippen LogP contribution in [0.5, 0.6) is 0 Å². The van der Waals surface area contributed by atoms with Crippen molar-refractivity contribution in [3.05, 3.63) is 0 Å². The van der Waals surface area contributed by atoms with Gasteiger partial charge in [0.25, 0.3) is 0 Å². The third-order valence-corrected chi connectivity index (χ3v) is 3.14. The van der Waals surface area contributed by atoms with Gasteiger partial charge in [-0.1, -0.05) is 0 Å². The number of hydrogen-bond donors (Lipinski definition) is 1. The van der Waals surface area contributed by atoms with Crippen LogP contribution in [0.25, 0.3) is 0 Å². The smallest absolute Gasteiger partial charge is 0.243 e. The maximum Gasteiger partial charge on any atom is 0.243 e. The summed E-state index contributed by atoms with van der Waals surface area (Å²) in [6.07, 6.45) is 0. The summed E-state index contributed by atoms with van der Waals surface area (Å²) in [5.74, 6) is -0.461. The first kappa shape index (κ1) is 17.3. The molecule has 1 aliphatic rings. The van der Waals surface area contributed by atoms with Gasteiger partial charge in [0.05, 0.1) is 33.0 Å². The highest BCUT2D eigenvalue weighted by Gasteiger charge is 2.12. The Morgan fingerprint density at radius 1 is 0.950 bits per heavy atom. The van der Waals surface area contributed by atoms with Crippen LogP contribution in [-0.4, -0.2) is 95.1 Å². The molecule has 0 radical (unpaired) electrons. The average Bonchev–Trinajstić information content (AvgIpc) is 2.42. The number of carbonyl (C=O) groups is 1. The molecule has 1 rings (SSSR count). The van der Waals surface area contributed by atoms with Crippen LogP contribution in [-0.2, 0) is 19.0 Å². The summed E-state index contributed by atoms with van der Waals surface area (Å²) in [4.78, 5) is 15.1. The van der Waals surface area contributed by atoms with E-state index >= 15 is 0 Å². The number of piperazine rings is 1. The molecule has 20 heavy (non-hydrogen) atoms. The van der Waals surface area contributed by atoms with Crippen LogP contribution in [0, 0.1) is 0 Å². The van der Waals surface area contributed by atoms with Crippen molar-refractivity contribution >= 4 is 5.91 Å². The van der Waals surface area contributed by atoms with Gasteiger partial charge < -0.3 is 24.8 Å². The van der Waals surface area contributed by atoms with Gasteiger partial charge in [-0.05, 0) is 7.05 Å². The molecule has 7 heteroatoms. The number of ether oxygens (including phenoxy) is 3. The van der Waals surface area contributed by atoms with Crippen molar-refractivity contribution in [1.82, 2.24) is 9.80 Å². The molecule has 0 aromatic heterocycles. The number of amides is 1. The van der Waals surface area contributed by atoms with Gasteiger partial charge in [-0.3, -0.25) is 9.69 Å². The van der Waals surface area contributed by atoms with Gasteiger partial charge in [-0.15, -0.1) is 0 Å². The van der Waals surface area contributed by atoms with Crippen LogP contribution in [0.15, 0.2) is 0 Å². The van der Waals surface area contributed by atoms with E-state index in [1.807, 2.05) is 0 Å². The predicted molar refractivity (Wildman–Crippen MR) is 75.6 cm³/mol. The number of hydrogen-bond acceptors (Lipinski definition) is 6. The second-order valence-electron chi connectivity index (χ2n) is 4.89. The van der Waals surface area contributed by atoms with E-state index in [1.54, 1.807) is 0 Å². The molecule has 0 aliphatic carbocycles. The highest BCUT2D eigenvalue weighted by atomic mass is 16.5. The minimum Gasteiger partial charge on any atom is -0.378 e. The molecule has 1 saturated heterocycles. The molecule has 1 fully saturated rings. The molecular formula is C13H27N3O4. The lowest BCUT2D eigenvalue weighted by Crippen LogP contribution is -2.45. The van der Waals surface area contributed by atoms with E-state index in [9.17, 15) is 4.79 Å². The molecule has 1 aliphatic heterocycles. The Morgan fingerprint density at radius 3 is 2.10 bits per heavy atom. The maximum atomic E-state index is 10.4. The normalized spacial score (nSPS) is 17.4. The lowest BCUT2D eigenvalue weighted by molar-refractivity contribution is -0.123. The lowest BCUT2D eigenvalue weighted by Gasteiger charge is -2.32. The minimum atomic E-state index is -0.461. The number of likely N-dealkylation sites (N-methyl/N-ethyl adjacent to an activating group) is 1. The monoisotopic (exact) mass is 289 g/mol. The second kappa shape index (κ2) is 11.0. The van der Waals surface area contributed by atoms with E-state index < -0.39 is 5.91 Å². The number of primary amides is 1. The van der Waals surface area contributed by atoms with Gasteiger partial charge in [0.1, 0.15) is 6.61 Å². The van der Waals surface area contributed by atoms with E-state index in [1.165, 1.54) is 0 Å². The fourth-order valence-electron chi connectivity index (χ4n) is 1.88. The fourth-order valence-corrected chi connectivity index (χ4v) is 1.88. The van der Waals surface area contributed by atoms with Crippen molar-refractivity contribution in [2.45, 2.75) is 0 Å². The Balaban J connectivity index is 1.77. The summed E-state index contributed by atoms with van der Waals surface area (Å²) < 4.78 is 15.8. The SMILES string of the molecule is CN1CCN(CCOCCOCCOCC(N)=O)CC1. The van der Waals surface area contributed by atoms with Crippen molar-refractivity contribution in [2.24, 2.45) is 5.73 Å². The van der Waals surface area contributed by atoms with E-state index in [2.05, 4.69) is 16.8 Å². The summed E-state index contributed by atoms with van der Waals surface area (Å²) in [6.45, 7) is 8.14. The molecule has 0 unspecified atom stereocenters. The molecule has 0 aromatic rings. The molecule has 0 atom stereocenters. The highest BCUT2D eigenvalue weighted by molar-refractivity contribution is 5.74. The summed E-state index contributed by atoms with van der Waals surface area (Å²) >= 11 is 0. The Hall–Kier alpha value is -0.730. The Bertz CT molecular complexity index is 258. The van der Waals surface area contributed by atoms with Gasteiger partial charge in [0.2, 0.25) is 5.91 Å². The van der Waals surface area contributed by atoms with Crippen molar-refractivity contribution in [2.75, 3.05) is 79.4 Å². The molecule has 0 spiro atoms. The summed E-state index contributed by atoms with van der Waals surface area (Å²) in [5, 5.41) is 0. The first-order valence-corrected chi connectivity index (χ1v) is 7.11. The molecule has 118 valence electrons. The molecular weight excluding hydrogens is 262 g/mol. The van der Waals surface area contributed by atoms with Crippen LogP contribution in [0.1, 0.15) is 0 Å². The Morgan fingerprint density at radius 2 is 1.50 bits per heavy atom. The second-order valence-corrected chi connectivity index (χ2v) is 4.89.